The fraction of sp³-hybridized carbons (Fsp3) is 0.125. The third-order valence-electron chi connectivity index (χ3n) is 2.87. The Morgan fingerprint density at radius 1 is 1.15 bits per heavy atom. The van der Waals surface area contributed by atoms with E-state index < -0.39 is 12.1 Å². The van der Waals surface area contributed by atoms with Crippen molar-refractivity contribution in [2.45, 2.75) is 13.0 Å². The van der Waals surface area contributed by atoms with Gasteiger partial charge in [0.2, 0.25) is 0 Å². The van der Waals surface area contributed by atoms with E-state index in [1.807, 2.05) is 6.07 Å². The van der Waals surface area contributed by atoms with Gasteiger partial charge < -0.3 is 4.74 Å². The lowest BCUT2D eigenvalue weighted by Crippen LogP contribution is -2.09. The molecule has 0 spiro atoms. The Morgan fingerprint density at radius 2 is 1.75 bits per heavy atom. The molecule has 0 saturated carbocycles. The van der Waals surface area contributed by atoms with Gasteiger partial charge in [-0.3, -0.25) is 0 Å². The van der Waals surface area contributed by atoms with E-state index in [2.05, 4.69) is 0 Å². The first-order valence-corrected chi connectivity index (χ1v) is 6.07. The zero-order chi connectivity index (χ0) is 14.5. The summed E-state index contributed by atoms with van der Waals surface area (Å²) in [6, 6.07) is 14.0. The molecule has 0 fully saturated rings. The second-order valence-corrected chi connectivity index (χ2v) is 4.29. The first-order chi connectivity index (χ1) is 9.60. The Balaban J connectivity index is 2.06. The molecule has 0 heterocycles. The van der Waals surface area contributed by atoms with Gasteiger partial charge in [0.1, 0.15) is 11.9 Å². The second-order valence-electron chi connectivity index (χ2n) is 4.29. The molecule has 20 heavy (non-hydrogen) atoms. The maximum atomic E-state index is 12.8. The zero-order valence-corrected chi connectivity index (χ0v) is 10.8. The lowest BCUT2D eigenvalue weighted by molar-refractivity contribution is 0.0338. The van der Waals surface area contributed by atoms with Crippen LogP contribution >= 0.6 is 0 Å². The van der Waals surface area contributed by atoms with Gasteiger partial charge in [-0.2, -0.15) is 5.26 Å². The number of nitrogens with zero attached hydrogens (tertiary/aromatic N) is 1. The molecule has 1 atom stereocenters. The molecule has 0 radical (unpaired) electrons. The molecule has 0 aromatic heterocycles. The smallest absolute Gasteiger partial charge is 0.338 e. The van der Waals surface area contributed by atoms with Crippen molar-refractivity contribution in [1.29, 1.82) is 5.26 Å². The molecule has 3 nitrogen and oxygen atoms in total. The van der Waals surface area contributed by atoms with Crippen LogP contribution in [0.15, 0.2) is 48.5 Å². The number of ether oxygens (including phenoxy) is 1. The van der Waals surface area contributed by atoms with Gasteiger partial charge >= 0.3 is 5.97 Å². The van der Waals surface area contributed by atoms with Crippen LogP contribution in [0, 0.1) is 17.1 Å². The van der Waals surface area contributed by atoms with E-state index in [9.17, 15) is 9.18 Å². The minimum absolute atomic E-state index is 0.334. The maximum Gasteiger partial charge on any atom is 0.338 e. The molecule has 0 aliphatic rings. The van der Waals surface area contributed by atoms with Crippen molar-refractivity contribution in [3.63, 3.8) is 0 Å². The van der Waals surface area contributed by atoms with Crippen LogP contribution in [0.1, 0.15) is 34.5 Å². The Morgan fingerprint density at radius 3 is 2.30 bits per heavy atom. The predicted octanol–water partition coefficient (Wildman–Crippen LogP) is 3.62. The summed E-state index contributed by atoms with van der Waals surface area (Å²) in [5.74, 6) is -0.814. The predicted molar refractivity (Wildman–Crippen MR) is 71.4 cm³/mol. The molecule has 4 heteroatoms. The van der Waals surface area contributed by atoms with Crippen molar-refractivity contribution < 1.29 is 13.9 Å². The van der Waals surface area contributed by atoms with Crippen molar-refractivity contribution in [3.8, 4) is 6.07 Å². The summed E-state index contributed by atoms with van der Waals surface area (Å²) in [7, 11) is 0. The van der Waals surface area contributed by atoms with E-state index in [0.29, 0.717) is 16.7 Å². The van der Waals surface area contributed by atoms with Gasteiger partial charge in [-0.15, -0.1) is 0 Å². The van der Waals surface area contributed by atoms with Crippen LogP contribution in [0.25, 0.3) is 0 Å². The maximum absolute atomic E-state index is 12.8. The number of esters is 1. The molecule has 0 aliphatic carbocycles. The average molecular weight is 269 g/mol. The number of nitriles is 1. The summed E-state index contributed by atoms with van der Waals surface area (Å²) in [5.41, 5.74) is 1.57. The van der Waals surface area contributed by atoms with Crippen LogP contribution in [-0.2, 0) is 4.74 Å². The van der Waals surface area contributed by atoms with Gasteiger partial charge in [-0.1, -0.05) is 12.1 Å². The van der Waals surface area contributed by atoms with Gasteiger partial charge in [0.05, 0.1) is 17.2 Å². The van der Waals surface area contributed by atoms with Crippen LogP contribution in [0.2, 0.25) is 0 Å². The Labute approximate surface area is 116 Å². The lowest BCUT2D eigenvalue weighted by atomic mass is 10.1. The molecule has 2 rings (SSSR count). The average Bonchev–Trinajstić information content (AvgIpc) is 2.48. The lowest BCUT2D eigenvalue weighted by Gasteiger charge is -2.13. The standard InChI is InChI=1S/C16H12FNO2/c1-11(13-6-8-15(17)9-7-13)20-16(19)14-4-2-12(10-18)3-5-14/h2-9,11H,1H3/t11-/m0/s1. The number of carbonyl (C=O) groups excluding carboxylic acids is 1. The number of rotatable bonds is 3. The summed E-state index contributed by atoms with van der Waals surface area (Å²) >= 11 is 0. The molecule has 0 unspecified atom stereocenters. The van der Waals surface area contributed by atoms with Crippen molar-refractivity contribution in [3.05, 3.63) is 71.0 Å². The number of carbonyl (C=O) groups is 1. The van der Waals surface area contributed by atoms with E-state index in [4.69, 9.17) is 10.00 Å². The van der Waals surface area contributed by atoms with E-state index in [1.165, 1.54) is 24.3 Å². The highest BCUT2D eigenvalue weighted by molar-refractivity contribution is 5.89. The molecule has 0 saturated heterocycles. The van der Waals surface area contributed by atoms with Crippen LogP contribution in [0.5, 0.6) is 0 Å². The van der Waals surface area contributed by atoms with Gasteiger partial charge in [0.15, 0.2) is 0 Å². The normalized spacial score (nSPS) is 11.4. The summed E-state index contributed by atoms with van der Waals surface area (Å²) < 4.78 is 18.1. The molecule has 0 amide bonds. The molecule has 0 aliphatic heterocycles. The Hall–Kier alpha value is -2.67. The summed E-state index contributed by atoms with van der Waals surface area (Å²) in [6.07, 6.45) is -0.473. The van der Waals surface area contributed by atoms with Crippen LogP contribution in [-0.4, -0.2) is 5.97 Å². The molecular formula is C16H12FNO2. The van der Waals surface area contributed by atoms with Gasteiger partial charge in [-0.05, 0) is 48.9 Å². The first kappa shape index (κ1) is 13.8. The third-order valence-corrected chi connectivity index (χ3v) is 2.87. The van der Waals surface area contributed by atoms with Gasteiger partial charge in [0, 0.05) is 0 Å². The SMILES string of the molecule is C[C@H](OC(=O)c1ccc(C#N)cc1)c1ccc(F)cc1. The van der Waals surface area contributed by atoms with E-state index in [-0.39, 0.29) is 5.82 Å². The summed E-state index contributed by atoms with van der Waals surface area (Å²) in [5, 5.41) is 8.69. The van der Waals surface area contributed by atoms with Crippen LogP contribution < -0.4 is 0 Å². The van der Waals surface area contributed by atoms with E-state index in [0.717, 1.165) is 0 Å². The molecule has 0 bridgehead atoms. The second kappa shape index (κ2) is 5.98. The van der Waals surface area contributed by atoms with Crippen molar-refractivity contribution in [1.82, 2.24) is 0 Å². The minimum Gasteiger partial charge on any atom is -0.454 e. The first-order valence-electron chi connectivity index (χ1n) is 6.07. The molecule has 100 valence electrons. The van der Waals surface area contributed by atoms with Crippen molar-refractivity contribution >= 4 is 5.97 Å². The highest BCUT2D eigenvalue weighted by Crippen LogP contribution is 2.19. The number of hydrogen-bond acceptors (Lipinski definition) is 3. The van der Waals surface area contributed by atoms with Gasteiger partial charge in [0.25, 0.3) is 0 Å². The topological polar surface area (TPSA) is 50.1 Å². The fourth-order valence-corrected chi connectivity index (χ4v) is 1.71. The third kappa shape index (κ3) is 3.21. The van der Waals surface area contributed by atoms with Crippen LogP contribution in [0.3, 0.4) is 0 Å². The van der Waals surface area contributed by atoms with Crippen LogP contribution in [0.4, 0.5) is 4.39 Å². The van der Waals surface area contributed by atoms with E-state index in [1.54, 1.807) is 31.2 Å². The monoisotopic (exact) mass is 269 g/mol. The highest BCUT2D eigenvalue weighted by Gasteiger charge is 2.13. The largest absolute Gasteiger partial charge is 0.454 e. The quantitative estimate of drug-likeness (QED) is 0.800. The Bertz CT molecular complexity index is 642. The molecular weight excluding hydrogens is 257 g/mol. The number of hydrogen-bond donors (Lipinski definition) is 0. The minimum atomic E-state index is -0.480. The highest BCUT2D eigenvalue weighted by atomic mass is 19.1. The molecule has 2 aromatic carbocycles. The van der Waals surface area contributed by atoms with Crippen molar-refractivity contribution in [2.24, 2.45) is 0 Å². The number of benzene rings is 2. The summed E-state index contributed by atoms with van der Waals surface area (Å²) in [4.78, 5) is 11.9. The van der Waals surface area contributed by atoms with E-state index >= 15 is 0 Å². The fourth-order valence-electron chi connectivity index (χ4n) is 1.71. The molecule has 0 N–H and O–H groups in total. The van der Waals surface area contributed by atoms with Crippen molar-refractivity contribution in [2.75, 3.05) is 0 Å². The molecule has 2 aromatic rings. The Kier molecular flexibility index (Phi) is 4.11. The zero-order valence-electron chi connectivity index (χ0n) is 10.8. The summed E-state index contributed by atoms with van der Waals surface area (Å²) in [6.45, 7) is 1.72. The van der Waals surface area contributed by atoms with Gasteiger partial charge in [-0.25, -0.2) is 9.18 Å². The number of halogens is 1.